The minimum absolute atomic E-state index is 0.0446. The first-order valence-corrected chi connectivity index (χ1v) is 15.5. The molecule has 7 nitrogen and oxygen atoms in total. The lowest BCUT2D eigenvalue weighted by Crippen LogP contribution is -2.53. The zero-order valence-corrected chi connectivity index (χ0v) is 24.6. The molecule has 10 heteroatoms. The van der Waals surface area contributed by atoms with Crippen LogP contribution in [0.3, 0.4) is 0 Å². The lowest BCUT2D eigenvalue weighted by atomic mass is 9.95. The van der Waals surface area contributed by atoms with Crippen LogP contribution < -0.4 is 9.62 Å². The van der Waals surface area contributed by atoms with Crippen LogP contribution in [0.1, 0.15) is 44.6 Å². The van der Waals surface area contributed by atoms with Gasteiger partial charge in [0.25, 0.3) is 10.0 Å². The molecule has 4 rings (SSSR count). The maximum atomic E-state index is 14.0. The topological polar surface area (TPSA) is 86.8 Å². The van der Waals surface area contributed by atoms with E-state index >= 15 is 0 Å². The van der Waals surface area contributed by atoms with Crippen molar-refractivity contribution >= 4 is 50.7 Å². The zero-order valence-electron chi connectivity index (χ0n) is 22.3. The number of benzene rings is 3. The second kappa shape index (κ2) is 13.5. The van der Waals surface area contributed by atoms with Crippen LogP contribution >= 0.6 is 23.2 Å². The van der Waals surface area contributed by atoms with Crippen molar-refractivity contribution in [3.05, 3.63) is 94.5 Å². The smallest absolute Gasteiger partial charge is 0.264 e. The minimum Gasteiger partial charge on any atom is -0.352 e. The van der Waals surface area contributed by atoms with Gasteiger partial charge >= 0.3 is 0 Å². The Morgan fingerprint density at radius 3 is 2.15 bits per heavy atom. The van der Waals surface area contributed by atoms with Gasteiger partial charge < -0.3 is 10.2 Å². The SMILES string of the molecule is C[C@H](C(=O)NC1CCCCC1)N(Cc1ccc(Cl)c(Cl)c1)C(=O)CN(c1ccccc1)S(=O)(=O)c1ccccc1. The number of nitrogens with one attached hydrogen (secondary N) is 1. The molecule has 40 heavy (non-hydrogen) atoms. The van der Waals surface area contributed by atoms with Crippen molar-refractivity contribution in [2.24, 2.45) is 0 Å². The van der Waals surface area contributed by atoms with E-state index in [9.17, 15) is 18.0 Å². The predicted molar refractivity (Wildman–Crippen MR) is 159 cm³/mol. The summed E-state index contributed by atoms with van der Waals surface area (Å²) >= 11 is 12.3. The van der Waals surface area contributed by atoms with Gasteiger partial charge in [-0.1, -0.05) is 84.9 Å². The Balaban J connectivity index is 1.66. The highest BCUT2D eigenvalue weighted by molar-refractivity contribution is 7.92. The van der Waals surface area contributed by atoms with Crippen molar-refractivity contribution in [3.8, 4) is 0 Å². The van der Waals surface area contributed by atoms with E-state index < -0.39 is 28.5 Å². The average Bonchev–Trinajstić information content (AvgIpc) is 2.97. The number of nitrogens with zero attached hydrogens (tertiary/aromatic N) is 2. The van der Waals surface area contributed by atoms with Crippen LogP contribution in [-0.4, -0.2) is 43.8 Å². The van der Waals surface area contributed by atoms with E-state index in [2.05, 4.69) is 5.32 Å². The maximum Gasteiger partial charge on any atom is 0.264 e. The highest BCUT2D eigenvalue weighted by Gasteiger charge is 2.33. The van der Waals surface area contributed by atoms with Crippen molar-refractivity contribution in [2.45, 2.75) is 62.6 Å². The van der Waals surface area contributed by atoms with Crippen LogP contribution in [0.4, 0.5) is 5.69 Å². The molecular weight excluding hydrogens is 569 g/mol. The summed E-state index contributed by atoms with van der Waals surface area (Å²) in [5, 5.41) is 3.78. The second-order valence-electron chi connectivity index (χ2n) is 9.95. The van der Waals surface area contributed by atoms with Crippen LogP contribution in [0.2, 0.25) is 10.0 Å². The molecule has 1 N–H and O–H groups in total. The van der Waals surface area contributed by atoms with Gasteiger partial charge in [-0.3, -0.25) is 13.9 Å². The van der Waals surface area contributed by atoms with Crippen molar-refractivity contribution in [2.75, 3.05) is 10.8 Å². The number of hydrogen-bond donors (Lipinski definition) is 1. The molecule has 1 fully saturated rings. The molecule has 3 aromatic carbocycles. The summed E-state index contributed by atoms with van der Waals surface area (Å²) in [5.41, 5.74) is 1.01. The van der Waals surface area contributed by atoms with Gasteiger partial charge in [0.1, 0.15) is 12.6 Å². The molecule has 1 aliphatic rings. The molecule has 0 aromatic heterocycles. The van der Waals surface area contributed by atoms with Crippen molar-refractivity contribution < 1.29 is 18.0 Å². The molecule has 212 valence electrons. The van der Waals surface area contributed by atoms with Crippen LogP contribution in [0, 0.1) is 0 Å². The predicted octanol–water partition coefficient (Wildman–Crippen LogP) is 6.05. The number of carbonyl (C=O) groups is 2. The quantitative estimate of drug-likeness (QED) is 0.306. The van der Waals surface area contributed by atoms with Crippen molar-refractivity contribution in [1.82, 2.24) is 10.2 Å². The van der Waals surface area contributed by atoms with E-state index in [0.717, 1.165) is 36.4 Å². The summed E-state index contributed by atoms with van der Waals surface area (Å²) in [7, 11) is -4.09. The third-order valence-electron chi connectivity index (χ3n) is 7.11. The molecule has 1 aliphatic carbocycles. The number of para-hydroxylation sites is 1. The number of sulfonamides is 1. The van der Waals surface area contributed by atoms with Crippen LogP contribution in [0.25, 0.3) is 0 Å². The standard InChI is InChI=1S/C30H33Cl2N3O4S/c1-22(30(37)33-24-11-5-2-6-12-24)34(20-23-17-18-27(31)28(32)19-23)29(36)21-35(25-13-7-3-8-14-25)40(38,39)26-15-9-4-10-16-26/h3-4,7-10,13-19,22,24H,2,5-6,11-12,20-21H2,1H3,(H,33,37)/t22-/m1/s1. The largest absolute Gasteiger partial charge is 0.352 e. The molecule has 1 atom stereocenters. The van der Waals surface area contributed by atoms with Gasteiger partial charge in [-0.25, -0.2) is 8.42 Å². The first-order chi connectivity index (χ1) is 19.2. The highest BCUT2D eigenvalue weighted by atomic mass is 35.5. The second-order valence-corrected chi connectivity index (χ2v) is 12.6. The number of carbonyl (C=O) groups excluding carboxylic acids is 2. The van der Waals surface area contributed by atoms with E-state index in [1.165, 1.54) is 17.0 Å². The van der Waals surface area contributed by atoms with Crippen molar-refractivity contribution in [1.29, 1.82) is 0 Å². The van der Waals surface area contributed by atoms with Gasteiger partial charge in [0.15, 0.2) is 0 Å². The van der Waals surface area contributed by atoms with E-state index in [1.54, 1.807) is 73.7 Å². The molecule has 0 unspecified atom stereocenters. The van der Waals surface area contributed by atoms with Gasteiger partial charge in [-0.05, 0) is 61.7 Å². The number of halogens is 2. The summed E-state index contributed by atoms with van der Waals surface area (Å²) in [6.45, 7) is 1.21. The molecule has 0 radical (unpaired) electrons. The highest BCUT2D eigenvalue weighted by Crippen LogP contribution is 2.26. The molecule has 0 aliphatic heterocycles. The summed E-state index contributed by atoms with van der Waals surface area (Å²) in [6, 6.07) is 20.6. The van der Waals surface area contributed by atoms with Crippen LogP contribution in [0.15, 0.2) is 83.8 Å². The molecule has 1 saturated carbocycles. The Hall–Kier alpha value is -3.07. The number of anilines is 1. The van der Waals surface area contributed by atoms with Gasteiger partial charge in [0, 0.05) is 12.6 Å². The monoisotopic (exact) mass is 601 g/mol. The first kappa shape index (κ1) is 29.9. The molecule has 2 amide bonds. The van der Waals surface area contributed by atoms with E-state index in [4.69, 9.17) is 23.2 Å². The third-order valence-corrected chi connectivity index (χ3v) is 9.64. The third kappa shape index (κ3) is 7.36. The molecule has 0 spiro atoms. The zero-order chi connectivity index (χ0) is 28.7. The Morgan fingerprint density at radius 1 is 0.900 bits per heavy atom. The number of amides is 2. The minimum atomic E-state index is -4.09. The Labute approximate surface area is 246 Å². The fourth-order valence-corrected chi connectivity index (χ4v) is 6.58. The summed E-state index contributed by atoms with van der Waals surface area (Å²) in [4.78, 5) is 28.8. The summed E-state index contributed by atoms with van der Waals surface area (Å²) in [6.07, 6.45) is 5.05. The summed E-state index contributed by atoms with van der Waals surface area (Å²) in [5.74, 6) is -0.807. The van der Waals surface area contributed by atoms with E-state index in [-0.39, 0.29) is 23.4 Å². The average molecular weight is 603 g/mol. The molecular formula is C30H33Cl2N3O4S. The Bertz CT molecular complexity index is 1420. The maximum absolute atomic E-state index is 14.0. The molecule has 0 heterocycles. The number of rotatable bonds is 10. The first-order valence-electron chi connectivity index (χ1n) is 13.3. The van der Waals surface area contributed by atoms with Gasteiger partial charge in [-0.2, -0.15) is 0 Å². The fraction of sp³-hybridized carbons (Fsp3) is 0.333. The van der Waals surface area contributed by atoms with E-state index in [1.807, 2.05) is 0 Å². The van der Waals surface area contributed by atoms with Gasteiger partial charge in [0.05, 0.1) is 20.6 Å². The summed E-state index contributed by atoms with van der Waals surface area (Å²) < 4.78 is 28.6. The number of hydrogen-bond acceptors (Lipinski definition) is 4. The normalized spacial score (nSPS) is 14.8. The van der Waals surface area contributed by atoms with Crippen molar-refractivity contribution in [3.63, 3.8) is 0 Å². The van der Waals surface area contributed by atoms with Gasteiger partial charge in [0.2, 0.25) is 11.8 Å². The molecule has 3 aromatic rings. The Kier molecular flexibility index (Phi) is 10.1. The lowest BCUT2D eigenvalue weighted by Gasteiger charge is -2.33. The van der Waals surface area contributed by atoms with Crippen LogP contribution in [0.5, 0.6) is 0 Å². The van der Waals surface area contributed by atoms with Crippen LogP contribution in [-0.2, 0) is 26.2 Å². The van der Waals surface area contributed by atoms with E-state index in [0.29, 0.717) is 21.3 Å². The molecule has 0 bridgehead atoms. The van der Waals surface area contributed by atoms with Gasteiger partial charge in [-0.15, -0.1) is 0 Å². The lowest BCUT2D eigenvalue weighted by molar-refractivity contribution is -0.139. The Morgan fingerprint density at radius 2 is 1.52 bits per heavy atom. The molecule has 0 saturated heterocycles. The fourth-order valence-electron chi connectivity index (χ4n) is 4.83.